The Morgan fingerprint density at radius 1 is 1.58 bits per heavy atom. The fraction of sp³-hybridized carbons (Fsp3) is 0.538. The molecule has 1 saturated heterocycles. The summed E-state index contributed by atoms with van der Waals surface area (Å²) in [7, 11) is 0. The number of carboxylic acid groups (broad SMARTS) is 1. The molecule has 2 atom stereocenters. The number of piperidine rings is 1. The van der Waals surface area contributed by atoms with Gasteiger partial charge in [0, 0.05) is 18.0 Å². The summed E-state index contributed by atoms with van der Waals surface area (Å²) in [4.78, 5) is 25.8. The minimum Gasteiger partial charge on any atom is -0.481 e. The molecule has 2 N–H and O–H groups in total. The van der Waals surface area contributed by atoms with Crippen LogP contribution < -0.4 is 5.32 Å². The van der Waals surface area contributed by atoms with Crippen LogP contribution in [0.5, 0.6) is 0 Å². The number of likely N-dealkylation sites (tertiary alicyclic amines) is 1. The first kappa shape index (κ1) is 13.9. The standard InChI is InChI=1S/C13H18N2O3S/c1-9(11-5-3-7-19-11)14-13(18)15-6-2-4-10(8-15)12(16)17/h3,5,7,9-10H,2,4,6,8H2,1H3,(H,14,18)(H,16,17)/t9?,10-/m0/s1. The molecule has 1 unspecified atom stereocenters. The van der Waals surface area contributed by atoms with E-state index in [4.69, 9.17) is 5.11 Å². The number of nitrogens with zero attached hydrogens (tertiary/aromatic N) is 1. The van der Waals surface area contributed by atoms with Gasteiger partial charge >= 0.3 is 12.0 Å². The van der Waals surface area contributed by atoms with Crippen molar-refractivity contribution < 1.29 is 14.7 Å². The smallest absolute Gasteiger partial charge is 0.317 e. The van der Waals surface area contributed by atoms with E-state index in [0.29, 0.717) is 19.5 Å². The highest BCUT2D eigenvalue weighted by atomic mass is 32.1. The van der Waals surface area contributed by atoms with Gasteiger partial charge in [0.25, 0.3) is 0 Å². The van der Waals surface area contributed by atoms with Crippen molar-refractivity contribution >= 4 is 23.3 Å². The predicted octanol–water partition coefficient (Wildman–Crippen LogP) is 2.32. The second-order valence-electron chi connectivity index (χ2n) is 4.81. The van der Waals surface area contributed by atoms with Crippen LogP contribution in [-0.4, -0.2) is 35.1 Å². The van der Waals surface area contributed by atoms with Crippen LogP contribution in [0.3, 0.4) is 0 Å². The van der Waals surface area contributed by atoms with Crippen molar-refractivity contribution in [1.29, 1.82) is 0 Å². The highest BCUT2D eigenvalue weighted by Gasteiger charge is 2.28. The predicted molar refractivity (Wildman–Crippen MR) is 73.2 cm³/mol. The molecule has 0 aliphatic carbocycles. The Bertz CT molecular complexity index is 447. The number of amides is 2. The van der Waals surface area contributed by atoms with Gasteiger partial charge < -0.3 is 15.3 Å². The Morgan fingerprint density at radius 3 is 3.00 bits per heavy atom. The van der Waals surface area contributed by atoms with Crippen molar-refractivity contribution in [2.24, 2.45) is 5.92 Å². The van der Waals surface area contributed by atoms with Crippen molar-refractivity contribution in [1.82, 2.24) is 10.2 Å². The van der Waals surface area contributed by atoms with Crippen molar-refractivity contribution in [3.05, 3.63) is 22.4 Å². The summed E-state index contributed by atoms with van der Waals surface area (Å²) in [5.74, 6) is -1.25. The summed E-state index contributed by atoms with van der Waals surface area (Å²) in [5.41, 5.74) is 0. The number of carboxylic acids is 1. The van der Waals surface area contributed by atoms with E-state index in [1.54, 1.807) is 16.2 Å². The van der Waals surface area contributed by atoms with Gasteiger partial charge in [-0.1, -0.05) is 6.07 Å². The van der Waals surface area contributed by atoms with Crippen LogP contribution in [0.1, 0.15) is 30.7 Å². The number of hydrogen-bond acceptors (Lipinski definition) is 3. The first-order valence-corrected chi connectivity index (χ1v) is 7.27. The van der Waals surface area contributed by atoms with E-state index in [2.05, 4.69) is 5.32 Å². The molecule has 0 spiro atoms. The highest BCUT2D eigenvalue weighted by Crippen LogP contribution is 2.20. The van der Waals surface area contributed by atoms with Crippen LogP contribution in [0.2, 0.25) is 0 Å². The van der Waals surface area contributed by atoms with Gasteiger partial charge in [-0.2, -0.15) is 0 Å². The zero-order valence-corrected chi connectivity index (χ0v) is 11.7. The van der Waals surface area contributed by atoms with Crippen molar-refractivity contribution in [2.45, 2.75) is 25.8 Å². The largest absolute Gasteiger partial charge is 0.481 e. The SMILES string of the molecule is CC(NC(=O)N1CCC[C@H](C(=O)O)C1)c1cccs1. The van der Waals surface area contributed by atoms with Crippen LogP contribution in [-0.2, 0) is 4.79 Å². The van der Waals surface area contributed by atoms with Gasteiger partial charge in [-0.05, 0) is 31.2 Å². The molecule has 0 bridgehead atoms. The van der Waals surface area contributed by atoms with Gasteiger partial charge in [-0.15, -0.1) is 11.3 Å². The molecule has 1 fully saturated rings. The average molecular weight is 282 g/mol. The lowest BCUT2D eigenvalue weighted by Gasteiger charge is -2.31. The first-order valence-electron chi connectivity index (χ1n) is 6.39. The fourth-order valence-corrected chi connectivity index (χ4v) is 2.98. The average Bonchev–Trinajstić information content (AvgIpc) is 2.92. The topological polar surface area (TPSA) is 69.6 Å². The number of aliphatic carboxylic acids is 1. The number of carbonyl (C=O) groups excluding carboxylic acids is 1. The molecule has 2 amide bonds. The number of hydrogen-bond donors (Lipinski definition) is 2. The zero-order chi connectivity index (χ0) is 13.8. The summed E-state index contributed by atoms with van der Waals surface area (Å²) < 4.78 is 0. The zero-order valence-electron chi connectivity index (χ0n) is 10.8. The van der Waals surface area contributed by atoms with E-state index in [9.17, 15) is 9.59 Å². The van der Waals surface area contributed by atoms with Crippen LogP contribution in [0.4, 0.5) is 4.79 Å². The van der Waals surface area contributed by atoms with Gasteiger partial charge in [0.1, 0.15) is 0 Å². The molecule has 0 saturated carbocycles. The molecule has 1 aliphatic heterocycles. The summed E-state index contributed by atoms with van der Waals surface area (Å²) >= 11 is 1.60. The van der Waals surface area contributed by atoms with Crippen LogP contribution in [0.25, 0.3) is 0 Å². The molecule has 2 rings (SSSR count). The van der Waals surface area contributed by atoms with Crippen molar-refractivity contribution in [3.8, 4) is 0 Å². The lowest BCUT2D eigenvalue weighted by molar-refractivity contribution is -0.143. The lowest BCUT2D eigenvalue weighted by Crippen LogP contribution is -2.47. The normalized spacial score (nSPS) is 20.9. The molecule has 19 heavy (non-hydrogen) atoms. The van der Waals surface area contributed by atoms with Gasteiger partial charge in [-0.25, -0.2) is 4.79 Å². The van der Waals surface area contributed by atoms with Crippen LogP contribution in [0, 0.1) is 5.92 Å². The third-order valence-electron chi connectivity index (χ3n) is 3.37. The monoisotopic (exact) mass is 282 g/mol. The van der Waals surface area contributed by atoms with E-state index in [0.717, 1.165) is 11.3 Å². The summed E-state index contributed by atoms with van der Waals surface area (Å²) in [5, 5.41) is 13.9. The second-order valence-corrected chi connectivity index (χ2v) is 5.79. The van der Waals surface area contributed by atoms with Crippen molar-refractivity contribution in [2.75, 3.05) is 13.1 Å². The second kappa shape index (κ2) is 6.06. The van der Waals surface area contributed by atoms with E-state index in [1.807, 2.05) is 24.4 Å². The summed E-state index contributed by atoms with van der Waals surface area (Å²) in [6.45, 7) is 2.87. The Balaban J connectivity index is 1.91. The highest BCUT2D eigenvalue weighted by molar-refractivity contribution is 7.10. The van der Waals surface area contributed by atoms with E-state index >= 15 is 0 Å². The van der Waals surface area contributed by atoms with E-state index < -0.39 is 11.9 Å². The lowest BCUT2D eigenvalue weighted by atomic mass is 9.99. The summed E-state index contributed by atoms with van der Waals surface area (Å²) in [6.07, 6.45) is 1.40. The Hall–Kier alpha value is -1.56. The number of thiophene rings is 1. The third kappa shape index (κ3) is 3.47. The molecule has 104 valence electrons. The molecule has 6 heteroatoms. The molecular formula is C13H18N2O3S. The van der Waals surface area contributed by atoms with Gasteiger partial charge in [0.15, 0.2) is 0 Å². The van der Waals surface area contributed by atoms with Crippen LogP contribution >= 0.6 is 11.3 Å². The Kier molecular flexibility index (Phi) is 4.42. The number of rotatable bonds is 3. The molecule has 5 nitrogen and oxygen atoms in total. The van der Waals surface area contributed by atoms with E-state index in [1.165, 1.54) is 0 Å². The maximum Gasteiger partial charge on any atom is 0.317 e. The Morgan fingerprint density at radius 2 is 2.37 bits per heavy atom. The maximum absolute atomic E-state index is 12.1. The van der Waals surface area contributed by atoms with Crippen molar-refractivity contribution in [3.63, 3.8) is 0 Å². The minimum atomic E-state index is -0.816. The molecule has 1 aromatic heterocycles. The first-order chi connectivity index (χ1) is 9.08. The number of carbonyl (C=O) groups is 2. The molecule has 0 radical (unpaired) electrons. The molecule has 1 aliphatic rings. The van der Waals surface area contributed by atoms with Crippen LogP contribution in [0.15, 0.2) is 17.5 Å². The molecule has 1 aromatic rings. The van der Waals surface area contributed by atoms with Gasteiger partial charge in [0.2, 0.25) is 0 Å². The number of nitrogens with one attached hydrogen (secondary N) is 1. The molecular weight excluding hydrogens is 264 g/mol. The Labute approximate surface area is 116 Å². The fourth-order valence-electron chi connectivity index (χ4n) is 2.25. The molecule has 0 aromatic carbocycles. The number of urea groups is 1. The quantitative estimate of drug-likeness (QED) is 0.894. The van der Waals surface area contributed by atoms with Gasteiger partial charge in [0.05, 0.1) is 12.0 Å². The molecule has 2 heterocycles. The maximum atomic E-state index is 12.1. The third-order valence-corrected chi connectivity index (χ3v) is 4.42. The summed E-state index contributed by atoms with van der Waals surface area (Å²) in [6, 6.07) is 3.71. The van der Waals surface area contributed by atoms with Gasteiger partial charge in [-0.3, -0.25) is 4.79 Å². The minimum absolute atomic E-state index is 0.0438. The van der Waals surface area contributed by atoms with E-state index in [-0.39, 0.29) is 12.1 Å².